The molecule has 0 amide bonds. The standard InChI is InChI=1S/C24H26N2O13S3/c1-15(13-38-5-6-39-14-23(27)28)26-18-4-2-3-16(7-18)12-25-21-10-19(40(29,30)31)8-17-9-20(41(32,33)34)11-22(24(17)21)42(35,36)37/h2-4,7-11,25-26H,1,5-6,12-14H2,(H,27,28)(H,29,30,31)(H,32,33,34)(H,35,36,37). The molecule has 3 aromatic rings. The van der Waals surface area contributed by atoms with Crippen molar-refractivity contribution in [3.05, 3.63) is 66.4 Å². The third-order valence-corrected chi connectivity index (χ3v) is 7.98. The topological polar surface area (TPSA) is 243 Å². The Morgan fingerprint density at radius 2 is 1.40 bits per heavy atom. The zero-order valence-corrected chi connectivity index (χ0v) is 24.0. The number of benzene rings is 3. The summed E-state index contributed by atoms with van der Waals surface area (Å²) in [6.07, 6.45) is 0. The Morgan fingerprint density at radius 3 is 1.98 bits per heavy atom. The fourth-order valence-corrected chi connectivity index (χ4v) is 5.65. The molecule has 42 heavy (non-hydrogen) atoms. The summed E-state index contributed by atoms with van der Waals surface area (Å²) in [4.78, 5) is 7.84. The molecule has 0 aliphatic carbocycles. The Bertz CT molecular complexity index is 1830. The molecule has 0 atom stereocenters. The van der Waals surface area contributed by atoms with Gasteiger partial charge in [0.1, 0.15) is 11.5 Å². The highest BCUT2D eigenvalue weighted by atomic mass is 32.2. The number of carboxylic acid groups (broad SMARTS) is 1. The molecule has 0 spiro atoms. The van der Waals surface area contributed by atoms with Crippen LogP contribution in [0.2, 0.25) is 0 Å². The summed E-state index contributed by atoms with van der Waals surface area (Å²) in [6.45, 7) is 3.63. The fraction of sp³-hybridized carbons (Fsp3) is 0.208. The second kappa shape index (κ2) is 13.1. The van der Waals surface area contributed by atoms with E-state index in [0.29, 0.717) is 23.0 Å². The molecule has 0 saturated carbocycles. The third kappa shape index (κ3) is 9.19. The van der Waals surface area contributed by atoms with Crippen molar-refractivity contribution in [1.29, 1.82) is 0 Å². The minimum atomic E-state index is -5.10. The van der Waals surface area contributed by atoms with Gasteiger partial charge in [-0.1, -0.05) is 18.7 Å². The van der Waals surface area contributed by atoms with Crippen molar-refractivity contribution in [3.8, 4) is 0 Å². The summed E-state index contributed by atoms with van der Waals surface area (Å²) >= 11 is 0. The Labute approximate surface area is 241 Å². The number of anilines is 2. The normalized spacial score (nSPS) is 12.3. The van der Waals surface area contributed by atoms with Crippen molar-refractivity contribution in [2.75, 3.05) is 37.1 Å². The van der Waals surface area contributed by atoms with Crippen LogP contribution in [0.15, 0.2) is 75.5 Å². The van der Waals surface area contributed by atoms with Crippen molar-refractivity contribution in [1.82, 2.24) is 0 Å². The molecule has 0 heterocycles. The number of fused-ring (bicyclic) bond motifs is 1. The van der Waals surface area contributed by atoms with E-state index < -0.39 is 57.6 Å². The third-order valence-electron chi connectivity index (χ3n) is 5.44. The van der Waals surface area contributed by atoms with Gasteiger partial charge < -0.3 is 25.2 Å². The molecule has 0 bridgehead atoms. The van der Waals surface area contributed by atoms with E-state index >= 15 is 0 Å². The van der Waals surface area contributed by atoms with Crippen LogP contribution in [-0.4, -0.2) is 76.4 Å². The van der Waals surface area contributed by atoms with Gasteiger partial charge in [0.05, 0.1) is 29.6 Å². The number of hydrogen-bond donors (Lipinski definition) is 6. The summed E-state index contributed by atoms with van der Waals surface area (Å²) < 4.78 is 111. The van der Waals surface area contributed by atoms with Gasteiger partial charge in [-0.15, -0.1) is 0 Å². The van der Waals surface area contributed by atoms with Gasteiger partial charge >= 0.3 is 5.97 Å². The van der Waals surface area contributed by atoms with Crippen LogP contribution in [0.4, 0.5) is 11.4 Å². The predicted octanol–water partition coefficient (Wildman–Crippen LogP) is 2.24. The molecule has 3 aromatic carbocycles. The molecular weight excluding hydrogens is 620 g/mol. The minimum Gasteiger partial charge on any atom is -0.480 e. The lowest BCUT2D eigenvalue weighted by atomic mass is 10.1. The molecule has 0 radical (unpaired) electrons. The summed E-state index contributed by atoms with van der Waals surface area (Å²) in [5, 5.41) is 13.7. The summed E-state index contributed by atoms with van der Waals surface area (Å²) in [6, 6.07) is 9.71. The summed E-state index contributed by atoms with van der Waals surface area (Å²) in [5.41, 5.74) is 1.41. The van der Waals surface area contributed by atoms with Crippen molar-refractivity contribution >= 4 is 58.5 Å². The van der Waals surface area contributed by atoms with Gasteiger partial charge in [0.2, 0.25) is 0 Å². The summed E-state index contributed by atoms with van der Waals surface area (Å²) in [7, 11) is -14.9. The Hall–Kier alpha value is -3.62. The Balaban J connectivity index is 1.87. The highest BCUT2D eigenvalue weighted by Crippen LogP contribution is 2.35. The number of hydrogen-bond acceptors (Lipinski definition) is 11. The van der Waals surface area contributed by atoms with Crippen LogP contribution in [0.5, 0.6) is 0 Å². The average Bonchev–Trinajstić information content (AvgIpc) is 2.86. The molecule has 3 rings (SSSR count). The van der Waals surface area contributed by atoms with Gasteiger partial charge in [0.15, 0.2) is 0 Å². The SMILES string of the molecule is C=C(COCCOCC(=O)O)Nc1cccc(CNc2cc(S(=O)(=O)O)cc3cc(S(=O)(=O)O)cc(S(=O)(=O)O)c23)c1. The number of carbonyl (C=O) groups is 1. The van der Waals surface area contributed by atoms with E-state index in [1.165, 1.54) is 0 Å². The maximum Gasteiger partial charge on any atom is 0.329 e. The van der Waals surface area contributed by atoms with Crippen molar-refractivity contribution in [2.24, 2.45) is 0 Å². The van der Waals surface area contributed by atoms with Gasteiger partial charge in [-0.25, -0.2) is 4.79 Å². The molecule has 6 N–H and O–H groups in total. The zero-order chi connectivity index (χ0) is 31.3. The first-order valence-electron chi connectivity index (χ1n) is 11.6. The zero-order valence-electron chi connectivity index (χ0n) is 21.5. The first-order valence-corrected chi connectivity index (χ1v) is 16.0. The van der Waals surface area contributed by atoms with E-state index in [9.17, 15) is 43.7 Å². The Kier molecular flexibility index (Phi) is 10.3. The highest BCUT2D eigenvalue weighted by molar-refractivity contribution is 7.87. The summed E-state index contributed by atoms with van der Waals surface area (Å²) in [5.74, 6) is -1.10. The van der Waals surface area contributed by atoms with E-state index in [1.54, 1.807) is 24.3 Å². The van der Waals surface area contributed by atoms with Crippen LogP contribution in [0, 0.1) is 0 Å². The van der Waals surface area contributed by atoms with Crippen molar-refractivity contribution in [2.45, 2.75) is 21.2 Å². The first kappa shape index (κ1) is 32.9. The fourth-order valence-electron chi connectivity index (χ4n) is 3.73. The number of ether oxygens (including phenoxy) is 2. The molecule has 18 heteroatoms. The largest absolute Gasteiger partial charge is 0.480 e. The van der Waals surface area contributed by atoms with Crippen LogP contribution >= 0.6 is 0 Å². The maximum atomic E-state index is 12.2. The van der Waals surface area contributed by atoms with Gasteiger partial charge in [-0.05, 0) is 47.3 Å². The highest BCUT2D eigenvalue weighted by Gasteiger charge is 2.24. The quantitative estimate of drug-likeness (QED) is 0.102. The molecule has 15 nitrogen and oxygen atoms in total. The Morgan fingerprint density at radius 1 is 0.810 bits per heavy atom. The molecule has 0 aromatic heterocycles. The number of aliphatic carboxylic acids is 1. The average molecular weight is 647 g/mol. The first-order chi connectivity index (χ1) is 19.4. The van der Waals surface area contributed by atoms with Gasteiger partial charge in [0, 0.05) is 29.0 Å². The van der Waals surface area contributed by atoms with Crippen LogP contribution in [0.1, 0.15) is 5.56 Å². The number of rotatable bonds is 15. The maximum absolute atomic E-state index is 12.2. The lowest BCUT2D eigenvalue weighted by Gasteiger charge is -2.16. The van der Waals surface area contributed by atoms with Crippen LogP contribution in [0.3, 0.4) is 0 Å². The van der Waals surface area contributed by atoms with E-state index in [1.807, 2.05) is 0 Å². The second-order valence-electron chi connectivity index (χ2n) is 8.70. The van der Waals surface area contributed by atoms with Crippen molar-refractivity contribution in [3.63, 3.8) is 0 Å². The predicted molar refractivity (Wildman–Crippen MR) is 149 cm³/mol. The van der Waals surface area contributed by atoms with Gasteiger partial charge in [0.25, 0.3) is 30.4 Å². The van der Waals surface area contributed by atoms with Crippen LogP contribution < -0.4 is 10.6 Å². The van der Waals surface area contributed by atoms with Crippen molar-refractivity contribution < 1.29 is 58.3 Å². The molecule has 0 saturated heterocycles. The number of nitrogens with one attached hydrogen (secondary N) is 2. The van der Waals surface area contributed by atoms with Gasteiger partial charge in [-0.3, -0.25) is 13.7 Å². The second-order valence-corrected chi connectivity index (χ2v) is 12.9. The molecular formula is C24H26N2O13S3. The van der Waals surface area contributed by atoms with Crippen LogP contribution in [-0.2, 0) is 51.2 Å². The lowest BCUT2D eigenvalue weighted by Crippen LogP contribution is -2.13. The van der Waals surface area contributed by atoms with E-state index in [0.717, 1.165) is 18.2 Å². The van der Waals surface area contributed by atoms with E-state index in [2.05, 4.69) is 17.2 Å². The van der Waals surface area contributed by atoms with E-state index in [4.69, 9.17) is 14.6 Å². The number of carboxylic acids is 1. The van der Waals surface area contributed by atoms with E-state index in [-0.39, 0.29) is 42.8 Å². The van der Waals surface area contributed by atoms with Crippen LogP contribution in [0.25, 0.3) is 10.8 Å². The molecule has 0 aliphatic rings. The lowest BCUT2D eigenvalue weighted by molar-refractivity contribution is -0.142. The molecule has 0 unspecified atom stereocenters. The molecule has 228 valence electrons. The monoisotopic (exact) mass is 646 g/mol. The minimum absolute atomic E-state index is 0.0472. The van der Waals surface area contributed by atoms with Gasteiger partial charge in [-0.2, -0.15) is 25.3 Å². The molecule has 0 aliphatic heterocycles. The smallest absolute Gasteiger partial charge is 0.329 e. The molecule has 0 fully saturated rings.